The predicted octanol–water partition coefficient (Wildman–Crippen LogP) is 1.88. The van der Waals surface area contributed by atoms with E-state index in [1.807, 2.05) is 0 Å². The lowest BCUT2D eigenvalue weighted by Crippen LogP contribution is -2.49. The van der Waals surface area contributed by atoms with Crippen molar-refractivity contribution >= 4 is 11.9 Å². The number of aromatic nitrogens is 4. The Balaban J connectivity index is 1.53. The van der Waals surface area contributed by atoms with E-state index in [1.165, 1.54) is 4.90 Å². The SMILES string of the molecule is O=C(CCc1cc(C(F)(F)F)c(=O)[nH]n1)N1CCN(c2ncc(C(F)(F)F)cn2)CC1. The normalized spacial score (nSPS) is 15.3. The molecule has 1 aliphatic heterocycles. The van der Waals surface area contributed by atoms with E-state index < -0.39 is 29.0 Å². The minimum atomic E-state index is -4.83. The number of aryl methyl sites for hydroxylation is 1. The number of hydrogen-bond donors (Lipinski definition) is 1. The van der Waals surface area contributed by atoms with E-state index in [1.54, 1.807) is 10.00 Å². The molecule has 1 aliphatic rings. The quantitative estimate of drug-likeness (QED) is 0.715. The molecule has 0 aromatic carbocycles. The zero-order chi connectivity index (χ0) is 22.8. The number of halogens is 6. The van der Waals surface area contributed by atoms with Crippen molar-refractivity contribution < 1.29 is 31.1 Å². The first kappa shape index (κ1) is 22.5. The first-order chi connectivity index (χ1) is 14.4. The van der Waals surface area contributed by atoms with Crippen molar-refractivity contribution in [3.8, 4) is 0 Å². The Hall–Kier alpha value is -3.19. The van der Waals surface area contributed by atoms with E-state index in [2.05, 4.69) is 15.1 Å². The van der Waals surface area contributed by atoms with Gasteiger partial charge in [0.05, 0.1) is 11.3 Å². The van der Waals surface area contributed by atoms with Gasteiger partial charge in [0.25, 0.3) is 5.56 Å². The molecule has 168 valence electrons. The Morgan fingerprint density at radius 2 is 1.61 bits per heavy atom. The number of nitrogens with zero attached hydrogens (tertiary/aromatic N) is 5. The van der Waals surface area contributed by atoms with Gasteiger partial charge in [-0.3, -0.25) is 9.59 Å². The van der Waals surface area contributed by atoms with Crippen LogP contribution in [0.4, 0.5) is 32.3 Å². The maximum absolute atomic E-state index is 12.8. The highest BCUT2D eigenvalue weighted by Crippen LogP contribution is 2.28. The summed E-state index contributed by atoms with van der Waals surface area (Å²) in [5.74, 6) is -0.216. The zero-order valence-electron chi connectivity index (χ0n) is 15.8. The lowest BCUT2D eigenvalue weighted by molar-refractivity contribution is -0.139. The summed E-state index contributed by atoms with van der Waals surface area (Å²) in [5.41, 5.74) is -3.77. The van der Waals surface area contributed by atoms with E-state index in [4.69, 9.17) is 0 Å². The van der Waals surface area contributed by atoms with Crippen molar-refractivity contribution in [3.05, 3.63) is 45.6 Å². The maximum atomic E-state index is 12.8. The lowest BCUT2D eigenvalue weighted by Gasteiger charge is -2.34. The lowest BCUT2D eigenvalue weighted by atomic mass is 10.1. The minimum Gasteiger partial charge on any atom is -0.339 e. The molecule has 2 aromatic rings. The summed E-state index contributed by atoms with van der Waals surface area (Å²) in [6.07, 6.45) is -8.20. The molecule has 1 saturated heterocycles. The molecule has 8 nitrogen and oxygen atoms in total. The Kier molecular flexibility index (Phi) is 6.18. The van der Waals surface area contributed by atoms with Gasteiger partial charge in [0, 0.05) is 51.4 Å². The number of H-pyrrole nitrogens is 1. The maximum Gasteiger partial charge on any atom is 0.421 e. The van der Waals surface area contributed by atoms with Crippen molar-refractivity contribution in [2.75, 3.05) is 31.1 Å². The number of aromatic amines is 1. The molecule has 0 radical (unpaired) electrons. The smallest absolute Gasteiger partial charge is 0.339 e. The molecule has 14 heteroatoms. The number of hydrogen-bond acceptors (Lipinski definition) is 6. The third-order valence-electron chi connectivity index (χ3n) is 4.64. The second-order valence-corrected chi connectivity index (χ2v) is 6.74. The minimum absolute atomic E-state index is 0.0722. The van der Waals surface area contributed by atoms with Crippen molar-refractivity contribution in [1.82, 2.24) is 25.1 Å². The number of alkyl halides is 6. The molecule has 3 heterocycles. The van der Waals surface area contributed by atoms with Crippen LogP contribution < -0.4 is 10.5 Å². The molecule has 3 rings (SSSR count). The van der Waals surface area contributed by atoms with Crippen LogP contribution in [0.15, 0.2) is 23.3 Å². The number of rotatable bonds is 4. The molecule has 2 aromatic heterocycles. The number of anilines is 1. The standard InChI is InChI=1S/C17H16F6N6O2/c18-16(19,20)10-8-24-15(25-9-10)29-5-3-28(4-6-29)13(30)2-1-11-7-12(17(21,22)23)14(31)27-26-11/h7-9H,1-6H2,(H,27,31). The van der Waals surface area contributed by atoms with Crippen LogP contribution in [-0.4, -0.2) is 57.2 Å². The molecule has 1 amide bonds. The van der Waals surface area contributed by atoms with Gasteiger partial charge in [-0.15, -0.1) is 0 Å². The Labute approximate surface area is 170 Å². The van der Waals surface area contributed by atoms with Crippen LogP contribution in [0, 0.1) is 0 Å². The van der Waals surface area contributed by atoms with E-state index in [0.717, 1.165) is 0 Å². The number of nitrogens with one attached hydrogen (secondary N) is 1. The van der Waals surface area contributed by atoms with Crippen LogP contribution in [0.3, 0.4) is 0 Å². The topological polar surface area (TPSA) is 95.1 Å². The van der Waals surface area contributed by atoms with Crippen LogP contribution in [0.25, 0.3) is 0 Å². The summed E-state index contributed by atoms with van der Waals surface area (Å²) in [7, 11) is 0. The highest BCUT2D eigenvalue weighted by molar-refractivity contribution is 5.76. The van der Waals surface area contributed by atoms with Gasteiger partial charge in [-0.1, -0.05) is 0 Å². The predicted molar refractivity (Wildman–Crippen MR) is 94.0 cm³/mol. The highest BCUT2D eigenvalue weighted by Gasteiger charge is 2.35. The molecule has 31 heavy (non-hydrogen) atoms. The molecular formula is C17H16F6N6O2. The van der Waals surface area contributed by atoms with Gasteiger partial charge in [-0.2, -0.15) is 31.4 Å². The molecule has 1 fully saturated rings. The van der Waals surface area contributed by atoms with Crippen molar-refractivity contribution in [2.24, 2.45) is 0 Å². The van der Waals surface area contributed by atoms with Gasteiger partial charge < -0.3 is 9.80 Å². The zero-order valence-corrected chi connectivity index (χ0v) is 15.8. The van der Waals surface area contributed by atoms with Crippen molar-refractivity contribution in [3.63, 3.8) is 0 Å². The fourth-order valence-corrected chi connectivity index (χ4v) is 2.97. The van der Waals surface area contributed by atoms with Gasteiger partial charge in [-0.05, 0) is 6.07 Å². The fraction of sp³-hybridized carbons (Fsp3) is 0.471. The second kappa shape index (κ2) is 8.51. The Bertz CT molecular complexity index is 980. The van der Waals surface area contributed by atoms with Crippen molar-refractivity contribution in [2.45, 2.75) is 25.2 Å². The molecule has 0 aliphatic carbocycles. The van der Waals surface area contributed by atoms with Crippen LogP contribution in [0.1, 0.15) is 23.2 Å². The highest BCUT2D eigenvalue weighted by atomic mass is 19.4. The van der Waals surface area contributed by atoms with Crippen LogP contribution in [-0.2, 0) is 23.6 Å². The van der Waals surface area contributed by atoms with Crippen molar-refractivity contribution in [1.29, 1.82) is 0 Å². The van der Waals surface area contributed by atoms with E-state index in [-0.39, 0.29) is 56.6 Å². The first-order valence-electron chi connectivity index (χ1n) is 9.03. The largest absolute Gasteiger partial charge is 0.421 e. The summed E-state index contributed by atoms with van der Waals surface area (Å²) in [6.45, 7) is 1.06. The third-order valence-corrected chi connectivity index (χ3v) is 4.64. The summed E-state index contributed by atoms with van der Waals surface area (Å²) < 4.78 is 76.1. The molecular weight excluding hydrogens is 434 g/mol. The van der Waals surface area contributed by atoms with Gasteiger partial charge in [0.2, 0.25) is 11.9 Å². The van der Waals surface area contributed by atoms with Crippen LogP contribution >= 0.6 is 0 Å². The van der Waals surface area contributed by atoms with E-state index in [0.29, 0.717) is 18.5 Å². The van der Waals surface area contributed by atoms with Gasteiger partial charge >= 0.3 is 12.4 Å². The monoisotopic (exact) mass is 450 g/mol. The number of carbonyl (C=O) groups excluding carboxylic acids is 1. The number of piperazine rings is 1. The average Bonchev–Trinajstić information content (AvgIpc) is 2.71. The van der Waals surface area contributed by atoms with Crippen LogP contribution in [0.2, 0.25) is 0 Å². The average molecular weight is 450 g/mol. The molecule has 0 atom stereocenters. The molecule has 0 unspecified atom stereocenters. The molecule has 0 spiro atoms. The summed E-state index contributed by atoms with van der Waals surface area (Å²) >= 11 is 0. The molecule has 0 bridgehead atoms. The van der Waals surface area contributed by atoms with Crippen LogP contribution in [0.5, 0.6) is 0 Å². The summed E-state index contributed by atoms with van der Waals surface area (Å²) in [6, 6.07) is 0.617. The molecule has 1 N–H and O–H groups in total. The second-order valence-electron chi connectivity index (χ2n) is 6.74. The number of carbonyl (C=O) groups is 1. The summed E-state index contributed by atoms with van der Waals surface area (Å²) in [5, 5.41) is 5.31. The van der Waals surface area contributed by atoms with Gasteiger partial charge in [0.1, 0.15) is 5.56 Å². The Morgan fingerprint density at radius 3 is 2.16 bits per heavy atom. The first-order valence-corrected chi connectivity index (χ1v) is 9.03. The van der Waals surface area contributed by atoms with Gasteiger partial charge in [-0.25, -0.2) is 15.1 Å². The molecule has 0 saturated carbocycles. The Morgan fingerprint density at radius 1 is 1.00 bits per heavy atom. The summed E-state index contributed by atoms with van der Waals surface area (Å²) in [4.78, 5) is 34.1. The van der Waals surface area contributed by atoms with E-state index in [9.17, 15) is 35.9 Å². The fourth-order valence-electron chi connectivity index (χ4n) is 2.97. The van der Waals surface area contributed by atoms with E-state index >= 15 is 0 Å². The third kappa shape index (κ3) is 5.49. The van der Waals surface area contributed by atoms with Gasteiger partial charge in [0.15, 0.2) is 0 Å². The number of amides is 1.